The SMILES string of the molecule is CNC(C)/C=C/c1cc(F)c(F)cc1F. The lowest BCUT2D eigenvalue weighted by Gasteiger charge is -2.03. The van der Waals surface area contributed by atoms with Crippen LogP contribution in [0.5, 0.6) is 0 Å². The first-order chi connectivity index (χ1) is 7.04. The maximum atomic E-state index is 13.1. The lowest BCUT2D eigenvalue weighted by molar-refractivity contribution is 0.494. The molecule has 1 unspecified atom stereocenters. The highest BCUT2D eigenvalue weighted by Gasteiger charge is 2.07. The molecule has 0 radical (unpaired) electrons. The van der Waals surface area contributed by atoms with Crippen LogP contribution in [0.2, 0.25) is 0 Å². The first kappa shape index (κ1) is 11.8. The lowest BCUT2D eigenvalue weighted by Crippen LogP contribution is -2.17. The van der Waals surface area contributed by atoms with Crippen molar-refractivity contribution < 1.29 is 13.2 Å². The second-order valence-electron chi connectivity index (χ2n) is 3.22. The molecule has 0 amide bonds. The standard InChI is InChI=1S/C11H12F3N/c1-7(15-2)3-4-8-5-10(13)11(14)6-9(8)12/h3-7,15H,1-2H3/b4-3+. The Bertz CT molecular complexity index is 374. The van der Waals surface area contributed by atoms with E-state index in [4.69, 9.17) is 0 Å². The Labute approximate surface area is 86.6 Å². The van der Waals surface area contributed by atoms with Gasteiger partial charge in [0.15, 0.2) is 11.6 Å². The van der Waals surface area contributed by atoms with E-state index in [1.165, 1.54) is 6.08 Å². The third kappa shape index (κ3) is 3.09. The van der Waals surface area contributed by atoms with Crippen molar-refractivity contribution in [3.63, 3.8) is 0 Å². The van der Waals surface area contributed by atoms with E-state index in [1.54, 1.807) is 13.1 Å². The highest BCUT2D eigenvalue weighted by Crippen LogP contribution is 2.15. The van der Waals surface area contributed by atoms with Crippen molar-refractivity contribution in [1.82, 2.24) is 5.32 Å². The summed E-state index contributed by atoms with van der Waals surface area (Å²) in [5.74, 6) is -2.99. The third-order valence-electron chi connectivity index (χ3n) is 2.06. The summed E-state index contributed by atoms with van der Waals surface area (Å²) >= 11 is 0. The van der Waals surface area contributed by atoms with E-state index in [9.17, 15) is 13.2 Å². The molecule has 0 fully saturated rings. The van der Waals surface area contributed by atoms with E-state index in [1.807, 2.05) is 6.92 Å². The zero-order valence-corrected chi connectivity index (χ0v) is 8.52. The van der Waals surface area contributed by atoms with E-state index in [2.05, 4.69) is 5.32 Å². The van der Waals surface area contributed by atoms with Crippen molar-refractivity contribution in [2.24, 2.45) is 0 Å². The topological polar surface area (TPSA) is 12.0 Å². The molecule has 82 valence electrons. The minimum Gasteiger partial charge on any atom is -0.314 e. The molecule has 0 bridgehead atoms. The predicted molar refractivity (Wildman–Crippen MR) is 53.9 cm³/mol. The molecule has 1 atom stereocenters. The van der Waals surface area contributed by atoms with E-state index < -0.39 is 17.5 Å². The summed E-state index contributed by atoms with van der Waals surface area (Å²) in [4.78, 5) is 0. The summed E-state index contributed by atoms with van der Waals surface area (Å²) in [6.07, 6.45) is 3.08. The second-order valence-corrected chi connectivity index (χ2v) is 3.22. The Hall–Kier alpha value is -1.29. The number of nitrogens with one attached hydrogen (secondary N) is 1. The van der Waals surface area contributed by atoms with Crippen molar-refractivity contribution in [3.05, 3.63) is 41.2 Å². The van der Waals surface area contributed by atoms with Crippen LogP contribution in [0, 0.1) is 17.5 Å². The summed E-state index contributed by atoms with van der Waals surface area (Å²) in [6, 6.07) is 1.42. The minimum atomic E-state index is -1.17. The van der Waals surface area contributed by atoms with Crippen LogP contribution in [-0.2, 0) is 0 Å². The molecule has 0 aliphatic carbocycles. The smallest absolute Gasteiger partial charge is 0.161 e. The maximum absolute atomic E-state index is 13.1. The number of benzene rings is 1. The summed E-state index contributed by atoms with van der Waals surface area (Å²) in [7, 11) is 1.75. The molecular formula is C11H12F3N. The van der Waals surface area contributed by atoms with E-state index >= 15 is 0 Å². The Morgan fingerprint density at radius 1 is 1.13 bits per heavy atom. The summed E-state index contributed by atoms with van der Waals surface area (Å²) in [5.41, 5.74) is 0.0380. The van der Waals surface area contributed by atoms with Gasteiger partial charge in [0.25, 0.3) is 0 Å². The van der Waals surface area contributed by atoms with Gasteiger partial charge in [-0.2, -0.15) is 0 Å². The molecule has 1 nitrogen and oxygen atoms in total. The molecule has 1 aromatic carbocycles. The maximum Gasteiger partial charge on any atom is 0.161 e. The molecule has 4 heteroatoms. The fourth-order valence-corrected chi connectivity index (χ4v) is 1.01. The summed E-state index contributed by atoms with van der Waals surface area (Å²) < 4.78 is 38.5. The highest BCUT2D eigenvalue weighted by molar-refractivity contribution is 5.50. The van der Waals surface area contributed by atoms with Gasteiger partial charge >= 0.3 is 0 Å². The molecular weight excluding hydrogens is 203 g/mol. The van der Waals surface area contributed by atoms with Crippen LogP contribution in [0.15, 0.2) is 18.2 Å². The molecule has 0 aliphatic heterocycles. The van der Waals surface area contributed by atoms with E-state index in [-0.39, 0.29) is 11.6 Å². The largest absolute Gasteiger partial charge is 0.314 e. The van der Waals surface area contributed by atoms with E-state index in [0.29, 0.717) is 6.07 Å². The molecule has 0 saturated carbocycles. The van der Waals surface area contributed by atoms with Gasteiger partial charge < -0.3 is 5.32 Å². The highest BCUT2D eigenvalue weighted by atomic mass is 19.2. The average Bonchev–Trinajstić information content (AvgIpc) is 2.21. The summed E-state index contributed by atoms with van der Waals surface area (Å²) in [5, 5.41) is 2.90. The first-order valence-electron chi connectivity index (χ1n) is 4.54. The van der Waals surface area contributed by atoms with Gasteiger partial charge in [0, 0.05) is 17.7 Å². The lowest BCUT2D eigenvalue weighted by atomic mass is 10.1. The van der Waals surface area contributed by atoms with Crippen molar-refractivity contribution in [3.8, 4) is 0 Å². The number of hydrogen-bond donors (Lipinski definition) is 1. The average molecular weight is 215 g/mol. The van der Waals surface area contributed by atoms with Crippen LogP contribution in [0.4, 0.5) is 13.2 Å². The van der Waals surface area contributed by atoms with Gasteiger partial charge in [0.2, 0.25) is 0 Å². The zero-order valence-electron chi connectivity index (χ0n) is 8.52. The van der Waals surface area contributed by atoms with Crippen molar-refractivity contribution >= 4 is 6.08 Å². The Morgan fingerprint density at radius 2 is 1.73 bits per heavy atom. The fourth-order valence-electron chi connectivity index (χ4n) is 1.01. The minimum absolute atomic E-state index is 0.0380. The molecule has 1 aromatic rings. The summed E-state index contributed by atoms with van der Waals surface area (Å²) in [6.45, 7) is 1.86. The molecule has 1 N–H and O–H groups in total. The van der Waals surface area contributed by atoms with Crippen LogP contribution in [-0.4, -0.2) is 13.1 Å². The van der Waals surface area contributed by atoms with Crippen LogP contribution in [0.3, 0.4) is 0 Å². The number of likely N-dealkylation sites (N-methyl/N-ethyl adjacent to an activating group) is 1. The Balaban J connectivity index is 2.95. The van der Waals surface area contributed by atoms with Crippen molar-refractivity contribution in [1.29, 1.82) is 0 Å². The van der Waals surface area contributed by atoms with E-state index in [0.717, 1.165) is 6.07 Å². The number of hydrogen-bond acceptors (Lipinski definition) is 1. The number of halogens is 3. The quantitative estimate of drug-likeness (QED) is 0.764. The normalized spacial score (nSPS) is 13.4. The van der Waals surface area contributed by atoms with Gasteiger partial charge in [-0.1, -0.05) is 12.2 Å². The van der Waals surface area contributed by atoms with Crippen molar-refractivity contribution in [2.75, 3.05) is 7.05 Å². The molecule has 15 heavy (non-hydrogen) atoms. The van der Waals surface area contributed by atoms with Gasteiger partial charge in [-0.05, 0) is 20.0 Å². The van der Waals surface area contributed by atoms with Crippen LogP contribution >= 0.6 is 0 Å². The Kier molecular flexibility index (Phi) is 3.91. The zero-order chi connectivity index (χ0) is 11.4. The van der Waals surface area contributed by atoms with Gasteiger partial charge in [0.1, 0.15) is 5.82 Å². The molecule has 0 heterocycles. The van der Waals surface area contributed by atoms with Crippen LogP contribution in [0.25, 0.3) is 6.08 Å². The fraction of sp³-hybridized carbons (Fsp3) is 0.273. The van der Waals surface area contributed by atoms with Gasteiger partial charge in [-0.15, -0.1) is 0 Å². The van der Waals surface area contributed by atoms with Crippen LogP contribution in [0.1, 0.15) is 12.5 Å². The molecule has 0 saturated heterocycles. The van der Waals surface area contributed by atoms with Gasteiger partial charge in [0.05, 0.1) is 0 Å². The number of rotatable bonds is 3. The molecule has 1 rings (SSSR count). The second kappa shape index (κ2) is 4.98. The van der Waals surface area contributed by atoms with Crippen LogP contribution < -0.4 is 5.32 Å². The molecule has 0 aromatic heterocycles. The van der Waals surface area contributed by atoms with Gasteiger partial charge in [-0.25, -0.2) is 13.2 Å². The molecule has 0 aliphatic rings. The monoisotopic (exact) mass is 215 g/mol. The predicted octanol–water partition coefficient (Wildman–Crippen LogP) is 2.73. The van der Waals surface area contributed by atoms with Gasteiger partial charge in [-0.3, -0.25) is 0 Å². The molecule has 0 spiro atoms. The third-order valence-corrected chi connectivity index (χ3v) is 2.06. The Morgan fingerprint density at radius 3 is 2.33 bits per heavy atom. The van der Waals surface area contributed by atoms with Crippen molar-refractivity contribution in [2.45, 2.75) is 13.0 Å². The first-order valence-corrected chi connectivity index (χ1v) is 4.54.